The van der Waals surface area contributed by atoms with E-state index in [0.717, 1.165) is 0 Å². The van der Waals surface area contributed by atoms with Crippen LogP contribution >= 0.6 is 0 Å². The first-order valence-corrected chi connectivity index (χ1v) is 6.32. The number of rotatable bonds is 3. The van der Waals surface area contributed by atoms with Gasteiger partial charge in [-0.1, -0.05) is 19.3 Å². The summed E-state index contributed by atoms with van der Waals surface area (Å²) in [5.74, 6) is 0.594. The summed E-state index contributed by atoms with van der Waals surface area (Å²) in [6, 6.07) is 0. The van der Waals surface area contributed by atoms with Gasteiger partial charge in [0, 0.05) is 6.21 Å². The standard InChI is InChI=1S/C10H19NOS/c1-9(2)13(12)11-8-10-6-4-3-5-7-10/h8-10H,3-7H2,1-2H3/b11-8+/t13-/m0/s1. The summed E-state index contributed by atoms with van der Waals surface area (Å²) in [5.41, 5.74) is 0. The number of hydrogen-bond donors (Lipinski definition) is 0. The minimum atomic E-state index is -1.00. The maximum Gasteiger partial charge on any atom is 0.141 e. The number of hydrogen-bond acceptors (Lipinski definition) is 1. The van der Waals surface area contributed by atoms with Crippen LogP contribution in [-0.2, 0) is 11.0 Å². The van der Waals surface area contributed by atoms with Gasteiger partial charge < -0.3 is 0 Å². The largest absolute Gasteiger partial charge is 0.235 e. The first-order valence-electron chi connectivity index (χ1n) is 5.15. The molecule has 3 heteroatoms. The summed E-state index contributed by atoms with van der Waals surface area (Å²) in [6.07, 6.45) is 8.38. The fourth-order valence-corrected chi connectivity index (χ4v) is 2.09. The van der Waals surface area contributed by atoms with E-state index in [1.54, 1.807) is 0 Å². The summed E-state index contributed by atoms with van der Waals surface area (Å²) in [4.78, 5) is 0. The van der Waals surface area contributed by atoms with E-state index in [2.05, 4.69) is 4.40 Å². The molecule has 1 fully saturated rings. The molecule has 0 amide bonds. The van der Waals surface area contributed by atoms with Gasteiger partial charge >= 0.3 is 0 Å². The SMILES string of the molecule is CC(C)[S@](=O)/N=C/C1CCCCC1. The molecule has 76 valence electrons. The molecule has 2 nitrogen and oxygen atoms in total. The van der Waals surface area contributed by atoms with E-state index >= 15 is 0 Å². The summed E-state index contributed by atoms with van der Waals surface area (Å²) in [6.45, 7) is 3.88. The van der Waals surface area contributed by atoms with Crippen LogP contribution in [0, 0.1) is 5.92 Å². The first-order chi connectivity index (χ1) is 6.20. The minimum absolute atomic E-state index is 0.153. The Balaban J connectivity index is 2.33. The van der Waals surface area contributed by atoms with Gasteiger partial charge in [0.25, 0.3) is 0 Å². The maximum atomic E-state index is 11.3. The molecule has 0 saturated heterocycles. The third-order valence-corrected chi connectivity index (χ3v) is 3.56. The smallest absolute Gasteiger partial charge is 0.141 e. The molecule has 1 aliphatic rings. The van der Waals surface area contributed by atoms with E-state index in [1.165, 1.54) is 32.1 Å². The van der Waals surface area contributed by atoms with Gasteiger partial charge in [0.05, 0.1) is 5.25 Å². The highest BCUT2D eigenvalue weighted by Crippen LogP contribution is 2.22. The van der Waals surface area contributed by atoms with Crippen molar-refractivity contribution < 1.29 is 4.21 Å². The van der Waals surface area contributed by atoms with Crippen molar-refractivity contribution in [2.45, 2.75) is 51.2 Å². The maximum absolute atomic E-state index is 11.3. The van der Waals surface area contributed by atoms with Crippen LogP contribution in [0.25, 0.3) is 0 Å². The van der Waals surface area contributed by atoms with E-state index < -0.39 is 11.0 Å². The summed E-state index contributed by atoms with van der Waals surface area (Å²) >= 11 is 0. The topological polar surface area (TPSA) is 29.4 Å². The van der Waals surface area contributed by atoms with Gasteiger partial charge in [-0.15, -0.1) is 0 Å². The molecule has 0 radical (unpaired) electrons. The molecule has 0 aromatic heterocycles. The molecule has 0 aromatic rings. The van der Waals surface area contributed by atoms with Crippen molar-refractivity contribution in [3.8, 4) is 0 Å². The second kappa shape index (κ2) is 5.53. The Kier molecular flexibility index (Phi) is 4.64. The van der Waals surface area contributed by atoms with Crippen molar-refractivity contribution in [1.29, 1.82) is 0 Å². The molecule has 1 aliphatic carbocycles. The van der Waals surface area contributed by atoms with Gasteiger partial charge in [-0.3, -0.25) is 0 Å². The Morgan fingerprint density at radius 3 is 2.46 bits per heavy atom. The third kappa shape index (κ3) is 4.03. The molecule has 1 saturated carbocycles. The van der Waals surface area contributed by atoms with Crippen molar-refractivity contribution in [1.82, 2.24) is 0 Å². The zero-order valence-electron chi connectivity index (χ0n) is 8.53. The minimum Gasteiger partial charge on any atom is -0.235 e. The van der Waals surface area contributed by atoms with Crippen molar-refractivity contribution in [3.05, 3.63) is 0 Å². The normalized spacial score (nSPS) is 22.7. The highest BCUT2D eigenvalue weighted by Gasteiger charge is 2.11. The van der Waals surface area contributed by atoms with E-state index in [1.807, 2.05) is 20.1 Å². The van der Waals surface area contributed by atoms with Crippen LogP contribution in [0.3, 0.4) is 0 Å². The van der Waals surface area contributed by atoms with Crippen LogP contribution in [0.15, 0.2) is 4.40 Å². The first kappa shape index (κ1) is 10.9. The monoisotopic (exact) mass is 201 g/mol. The van der Waals surface area contributed by atoms with Crippen LogP contribution in [0.1, 0.15) is 46.0 Å². The quantitative estimate of drug-likeness (QED) is 0.646. The molecule has 1 atom stereocenters. The van der Waals surface area contributed by atoms with Crippen molar-refractivity contribution in [2.24, 2.45) is 10.3 Å². The van der Waals surface area contributed by atoms with E-state index in [0.29, 0.717) is 5.92 Å². The molecule has 0 bridgehead atoms. The van der Waals surface area contributed by atoms with E-state index in [4.69, 9.17) is 0 Å². The van der Waals surface area contributed by atoms with Crippen molar-refractivity contribution in [2.75, 3.05) is 0 Å². The molecule has 1 rings (SSSR count). The Morgan fingerprint density at radius 2 is 1.92 bits per heavy atom. The molecular formula is C10H19NOS. The van der Waals surface area contributed by atoms with E-state index in [9.17, 15) is 4.21 Å². The summed E-state index contributed by atoms with van der Waals surface area (Å²) in [7, 11) is -1.00. The predicted octanol–water partition coefficient (Wildman–Crippen LogP) is 2.71. The van der Waals surface area contributed by atoms with Gasteiger partial charge in [-0.2, -0.15) is 4.40 Å². The molecule has 0 unspecified atom stereocenters. The molecular weight excluding hydrogens is 182 g/mol. The highest BCUT2D eigenvalue weighted by atomic mass is 32.2. The van der Waals surface area contributed by atoms with Crippen molar-refractivity contribution >= 4 is 17.2 Å². The second-order valence-corrected chi connectivity index (χ2v) is 5.68. The van der Waals surface area contributed by atoms with Crippen LogP contribution in [-0.4, -0.2) is 15.7 Å². The summed E-state index contributed by atoms with van der Waals surface area (Å²) in [5, 5.41) is 0.153. The summed E-state index contributed by atoms with van der Waals surface area (Å²) < 4.78 is 15.4. The lowest BCUT2D eigenvalue weighted by atomic mass is 9.90. The Morgan fingerprint density at radius 1 is 1.31 bits per heavy atom. The van der Waals surface area contributed by atoms with Gasteiger partial charge in [0.1, 0.15) is 11.0 Å². The van der Waals surface area contributed by atoms with Gasteiger partial charge in [0.2, 0.25) is 0 Å². The zero-order valence-corrected chi connectivity index (χ0v) is 9.35. The van der Waals surface area contributed by atoms with Gasteiger partial charge in [-0.05, 0) is 32.6 Å². The van der Waals surface area contributed by atoms with Crippen LogP contribution in [0.5, 0.6) is 0 Å². The van der Waals surface area contributed by atoms with Crippen molar-refractivity contribution in [3.63, 3.8) is 0 Å². The lowest BCUT2D eigenvalue weighted by Crippen LogP contribution is -2.09. The second-order valence-electron chi connectivity index (χ2n) is 3.98. The average molecular weight is 201 g/mol. The van der Waals surface area contributed by atoms with E-state index in [-0.39, 0.29) is 5.25 Å². The fourth-order valence-electron chi connectivity index (χ4n) is 1.55. The fraction of sp³-hybridized carbons (Fsp3) is 0.900. The van der Waals surface area contributed by atoms with Gasteiger partial charge in [-0.25, -0.2) is 4.21 Å². The molecule has 0 heterocycles. The Bertz CT molecular complexity index is 195. The lowest BCUT2D eigenvalue weighted by Gasteiger charge is -2.16. The third-order valence-electron chi connectivity index (χ3n) is 2.43. The average Bonchev–Trinajstić information content (AvgIpc) is 2.15. The molecule has 0 spiro atoms. The zero-order chi connectivity index (χ0) is 9.68. The highest BCUT2D eigenvalue weighted by molar-refractivity contribution is 7.84. The predicted molar refractivity (Wildman–Crippen MR) is 58.3 cm³/mol. The molecule has 13 heavy (non-hydrogen) atoms. The molecule has 0 N–H and O–H groups in total. The molecule has 0 aliphatic heterocycles. The lowest BCUT2D eigenvalue weighted by molar-refractivity contribution is 0.445. The van der Waals surface area contributed by atoms with Gasteiger partial charge in [0.15, 0.2) is 0 Å². The Labute approximate surface area is 83.4 Å². The number of nitrogens with zero attached hydrogens (tertiary/aromatic N) is 1. The van der Waals surface area contributed by atoms with Crippen LogP contribution in [0.2, 0.25) is 0 Å². The van der Waals surface area contributed by atoms with Crippen LogP contribution in [0.4, 0.5) is 0 Å². The van der Waals surface area contributed by atoms with Crippen LogP contribution < -0.4 is 0 Å². The Hall–Kier alpha value is -0.180. The molecule has 0 aromatic carbocycles.